The average Bonchev–Trinajstić information content (AvgIpc) is 2.93. The Morgan fingerprint density at radius 1 is 1.16 bits per heavy atom. The molecule has 1 aliphatic heterocycles. The minimum atomic E-state index is 0.216. The normalized spacial score (nSPS) is 35.6. The minimum absolute atomic E-state index is 0.216. The summed E-state index contributed by atoms with van der Waals surface area (Å²) in [6, 6.07) is 0.341. The van der Waals surface area contributed by atoms with Gasteiger partial charge in [0.25, 0.3) is 0 Å². The van der Waals surface area contributed by atoms with E-state index in [1.54, 1.807) is 0 Å². The van der Waals surface area contributed by atoms with E-state index in [0.29, 0.717) is 29.7 Å². The van der Waals surface area contributed by atoms with Crippen molar-refractivity contribution in [2.75, 3.05) is 13.1 Å². The largest absolute Gasteiger partial charge is 0.342 e. The van der Waals surface area contributed by atoms with E-state index in [1.807, 2.05) is 11.3 Å². The second-order valence-corrected chi connectivity index (χ2v) is 9.75. The molecule has 1 aromatic heterocycles. The van der Waals surface area contributed by atoms with Crippen LogP contribution in [0.25, 0.3) is 0 Å². The molecule has 4 nitrogen and oxygen atoms in total. The summed E-state index contributed by atoms with van der Waals surface area (Å²) in [6.45, 7) is 6.02. The highest BCUT2D eigenvalue weighted by Crippen LogP contribution is 2.43. The van der Waals surface area contributed by atoms with E-state index in [1.165, 1.54) is 29.1 Å². The number of fused-ring (bicyclic) bond motifs is 2. The predicted octanol–water partition coefficient (Wildman–Crippen LogP) is 3.62. The first-order valence-electron chi connectivity index (χ1n) is 10.0. The molecule has 2 bridgehead atoms. The first kappa shape index (κ1) is 17.5. The molecule has 1 saturated heterocycles. The van der Waals surface area contributed by atoms with E-state index >= 15 is 0 Å². The van der Waals surface area contributed by atoms with Gasteiger partial charge in [-0.2, -0.15) is 0 Å². The summed E-state index contributed by atoms with van der Waals surface area (Å²) < 4.78 is 0. The topological polar surface area (TPSA) is 59.2 Å². The number of amides is 1. The summed E-state index contributed by atoms with van der Waals surface area (Å²) in [5, 5.41) is 1.23. The zero-order valence-corrected chi connectivity index (χ0v) is 16.4. The quantitative estimate of drug-likeness (QED) is 0.875. The lowest BCUT2D eigenvalue weighted by atomic mass is 9.65. The van der Waals surface area contributed by atoms with Gasteiger partial charge in [0.2, 0.25) is 5.91 Å². The fourth-order valence-electron chi connectivity index (χ4n) is 5.30. The molecule has 2 saturated carbocycles. The first-order valence-corrected chi connectivity index (χ1v) is 10.8. The molecule has 2 N–H and O–H groups in total. The molecule has 2 heterocycles. The Labute approximate surface area is 155 Å². The Kier molecular flexibility index (Phi) is 4.89. The summed E-state index contributed by atoms with van der Waals surface area (Å²) in [7, 11) is 0. The van der Waals surface area contributed by atoms with Gasteiger partial charge in [-0.05, 0) is 64.2 Å². The van der Waals surface area contributed by atoms with Crippen molar-refractivity contribution >= 4 is 17.2 Å². The molecular formula is C20H31N3OS. The van der Waals surface area contributed by atoms with Gasteiger partial charge in [0.05, 0.1) is 10.7 Å². The van der Waals surface area contributed by atoms with E-state index in [0.717, 1.165) is 44.5 Å². The van der Waals surface area contributed by atoms with Gasteiger partial charge in [-0.25, -0.2) is 4.98 Å². The molecule has 2 aliphatic carbocycles. The zero-order valence-electron chi connectivity index (χ0n) is 15.5. The van der Waals surface area contributed by atoms with Crippen molar-refractivity contribution in [1.82, 2.24) is 9.88 Å². The summed E-state index contributed by atoms with van der Waals surface area (Å²) in [5.74, 6) is 2.20. The van der Waals surface area contributed by atoms with Crippen molar-refractivity contribution < 1.29 is 4.79 Å². The fraction of sp³-hybridized carbons (Fsp3) is 0.800. The van der Waals surface area contributed by atoms with Crippen LogP contribution < -0.4 is 5.73 Å². The number of nitrogens with zero attached hydrogens (tertiary/aromatic N) is 2. The van der Waals surface area contributed by atoms with Gasteiger partial charge in [-0.3, -0.25) is 4.79 Å². The van der Waals surface area contributed by atoms with Gasteiger partial charge in [0.15, 0.2) is 0 Å². The highest BCUT2D eigenvalue weighted by atomic mass is 32.1. The number of nitrogens with two attached hydrogens (primary N) is 1. The number of carbonyl (C=O) groups excluding carboxylic acids is 1. The summed E-state index contributed by atoms with van der Waals surface area (Å²) in [6.07, 6.45) is 8.06. The van der Waals surface area contributed by atoms with Gasteiger partial charge < -0.3 is 10.6 Å². The Bertz CT molecular complexity index is 609. The van der Waals surface area contributed by atoms with Crippen LogP contribution in [0.3, 0.4) is 0 Å². The molecule has 25 heavy (non-hydrogen) atoms. The van der Waals surface area contributed by atoms with Crippen LogP contribution in [-0.2, 0) is 4.79 Å². The maximum absolute atomic E-state index is 13.2. The third-order valence-corrected chi connectivity index (χ3v) is 8.12. The summed E-state index contributed by atoms with van der Waals surface area (Å²) in [5.41, 5.74) is 7.56. The van der Waals surface area contributed by atoms with E-state index in [9.17, 15) is 4.79 Å². The molecule has 138 valence electrons. The molecule has 0 spiro atoms. The predicted molar refractivity (Wildman–Crippen MR) is 102 cm³/mol. The maximum atomic E-state index is 13.2. The number of carbonyl (C=O) groups is 1. The summed E-state index contributed by atoms with van der Waals surface area (Å²) >= 11 is 1.82. The average molecular weight is 362 g/mol. The SMILES string of the molecule is Cc1nc(C2CCCN(C(=O)C3CC4CCCC(C3)C4N)C2)sc1C. The van der Waals surface area contributed by atoms with Gasteiger partial charge in [-0.15, -0.1) is 11.3 Å². The standard InChI is InChI=1S/C20H31N3OS/c1-12-13(2)25-19(22-12)16-7-4-8-23(11-16)20(24)17-9-14-5-3-6-15(10-17)18(14)21/h14-18H,3-11,21H2,1-2H3. The number of hydrogen-bond donors (Lipinski definition) is 1. The van der Waals surface area contributed by atoms with Crippen LogP contribution >= 0.6 is 11.3 Å². The zero-order chi connectivity index (χ0) is 17.6. The van der Waals surface area contributed by atoms with Crippen molar-refractivity contribution in [3.8, 4) is 0 Å². The van der Waals surface area contributed by atoms with E-state index in [4.69, 9.17) is 10.7 Å². The number of aryl methyl sites for hydroxylation is 2. The number of thiazole rings is 1. The Balaban J connectivity index is 1.43. The Morgan fingerprint density at radius 3 is 2.52 bits per heavy atom. The third kappa shape index (κ3) is 3.37. The molecular weight excluding hydrogens is 330 g/mol. The van der Waals surface area contributed by atoms with E-state index in [-0.39, 0.29) is 5.92 Å². The lowest BCUT2D eigenvalue weighted by Gasteiger charge is -2.45. The number of hydrogen-bond acceptors (Lipinski definition) is 4. The van der Waals surface area contributed by atoms with Crippen LogP contribution in [0.15, 0.2) is 0 Å². The van der Waals surface area contributed by atoms with Crippen LogP contribution in [0.4, 0.5) is 0 Å². The van der Waals surface area contributed by atoms with Crippen LogP contribution in [-0.4, -0.2) is 34.9 Å². The van der Waals surface area contributed by atoms with Crippen LogP contribution in [0.2, 0.25) is 0 Å². The molecule has 4 rings (SSSR count). The number of likely N-dealkylation sites (tertiary alicyclic amines) is 1. The van der Waals surface area contributed by atoms with Gasteiger partial charge >= 0.3 is 0 Å². The van der Waals surface area contributed by atoms with Crippen LogP contribution in [0, 0.1) is 31.6 Å². The molecule has 3 aliphatic rings. The molecule has 0 radical (unpaired) electrons. The number of rotatable bonds is 2. The molecule has 5 heteroatoms. The van der Waals surface area contributed by atoms with Gasteiger partial charge in [0.1, 0.15) is 0 Å². The second kappa shape index (κ2) is 6.99. The monoisotopic (exact) mass is 361 g/mol. The molecule has 1 amide bonds. The number of piperidine rings is 1. The van der Waals surface area contributed by atoms with Gasteiger partial charge in [0, 0.05) is 35.8 Å². The fourth-order valence-corrected chi connectivity index (χ4v) is 6.35. The summed E-state index contributed by atoms with van der Waals surface area (Å²) in [4.78, 5) is 21.4. The third-order valence-electron chi connectivity index (χ3n) is 6.89. The number of aromatic nitrogens is 1. The van der Waals surface area contributed by atoms with Crippen LogP contribution in [0.1, 0.15) is 66.4 Å². The molecule has 3 fully saturated rings. The second-order valence-electron chi connectivity index (χ2n) is 8.51. The smallest absolute Gasteiger partial charge is 0.225 e. The lowest BCUT2D eigenvalue weighted by molar-refractivity contribution is -0.139. The molecule has 3 atom stereocenters. The molecule has 1 aromatic rings. The van der Waals surface area contributed by atoms with Crippen LogP contribution in [0.5, 0.6) is 0 Å². The van der Waals surface area contributed by atoms with E-state index < -0.39 is 0 Å². The molecule has 0 aromatic carbocycles. The lowest BCUT2D eigenvalue weighted by Crippen LogP contribution is -2.50. The first-order chi connectivity index (χ1) is 12.0. The van der Waals surface area contributed by atoms with Crippen molar-refractivity contribution in [1.29, 1.82) is 0 Å². The van der Waals surface area contributed by atoms with Crippen molar-refractivity contribution in [2.45, 2.75) is 70.8 Å². The maximum Gasteiger partial charge on any atom is 0.225 e. The highest BCUT2D eigenvalue weighted by molar-refractivity contribution is 7.11. The minimum Gasteiger partial charge on any atom is -0.342 e. The van der Waals surface area contributed by atoms with Crippen molar-refractivity contribution in [3.63, 3.8) is 0 Å². The van der Waals surface area contributed by atoms with E-state index in [2.05, 4.69) is 18.7 Å². The van der Waals surface area contributed by atoms with Gasteiger partial charge in [-0.1, -0.05) is 6.42 Å². The van der Waals surface area contributed by atoms with Crippen molar-refractivity contribution in [2.24, 2.45) is 23.5 Å². The van der Waals surface area contributed by atoms with Crippen molar-refractivity contribution in [3.05, 3.63) is 15.6 Å². The Hall–Kier alpha value is -0.940. The Morgan fingerprint density at radius 2 is 1.88 bits per heavy atom. The highest BCUT2D eigenvalue weighted by Gasteiger charge is 2.42. The molecule has 3 unspecified atom stereocenters.